The predicted molar refractivity (Wildman–Crippen MR) is 69.0 cm³/mol. The van der Waals surface area contributed by atoms with E-state index in [4.69, 9.17) is 5.73 Å². The van der Waals surface area contributed by atoms with E-state index in [1.54, 1.807) is 12.1 Å². The Morgan fingerprint density at radius 3 is 2.42 bits per heavy atom. The first-order chi connectivity index (χ1) is 8.95. The molecule has 7 heteroatoms. The number of hydrogen-bond donors (Lipinski definition) is 1. The number of hydrogen-bond acceptors (Lipinski definition) is 4. The molecule has 0 spiro atoms. The fraction of sp³-hybridized carbons (Fsp3) is 0.500. The second kappa shape index (κ2) is 5.42. The first kappa shape index (κ1) is 14.2. The molecule has 1 fully saturated rings. The monoisotopic (exact) mass is 290 g/mol. The summed E-state index contributed by atoms with van der Waals surface area (Å²) in [4.78, 5) is 1.73. The molecule has 1 aromatic rings. The van der Waals surface area contributed by atoms with Gasteiger partial charge in [-0.15, -0.1) is 0 Å². The van der Waals surface area contributed by atoms with Crippen LogP contribution >= 0.6 is 0 Å². The van der Waals surface area contributed by atoms with Crippen molar-refractivity contribution in [2.24, 2.45) is 11.7 Å². The molecule has 1 aliphatic rings. The molecule has 0 bridgehead atoms. The molecule has 0 aromatic heterocycles. The molecule has 2 N–H and O–H groups in total. The summed E-state index contributed by atoms with van der Waals surface area (Å²) < 4.78 is 47.3. The van der Waals surface area contributed by atoms with Gasteiger partial charge in [0.15, 0.2) is 0 Å². The van der Waals surface area contributed by atoms with Gasteiger partial charge in [-0.1, -0.05) is 0 Å². The standard InChI is InChI=1S/C12H16F2N2O2S/c13-12(14)19(17,18)11-3-1-10(2-4-11)16-6-5-9(7-15)8-16/h1-4,9,12H,5-8,15H2. The third kappa shape index (κ3) is 2.87. The van der Waals surface area contributed by atoms with Gasteiger partial charge in [0.2, 0.25) is 9.84 Å². The highest BCUT2D eigenvalue weighted by molar-refractivity contribution is 7.91. The number of nitrogens with two attached hydrogens (primary N) is 1. The number of sulfone groups is 1. The zero-order valence-corrected chi connectivity index (χ0v) is 11.1. The zero-order valence-electron chi connectivity index (χ0n) is 10.3. The van der Waals surface area contributed by atoms with Crippen LogP contribution in [0.3, 0.4) is 0 Å². The number of alkyl halides is 2. The van der Waals surface area contributed by atoms with E-state index >= 15 is 0 Å². The van der Waals surface area contributed by atoms with E-state index in [-0.39, 0.29) is 4.90 Å². The molecular weight excluding hydrogens is 274 g/mol. The molecular formula is C12H16F2N2O2S. The molecule has 4 nitrogen and oxygen atoms in total. The van der Waals surface area contributed by atoms with E-state index in [0.717, 1.165) is 25.2 Å². The summed E-state index contributed by atoms with van der Waals surface area (Å²) in [6, 6.07) is 5.58. The van der Waals surface area contributed by atoms with Crippen LogP contribution in [0.5, 0.6) is 0 Å². The van der Waals surface area contributed by atoms with Crippen molar-refractivity contribution in [3.63, 3.8) is 0 Å². The van der Waals surface area contributed by atoms with E-state index in [2.05, 4.69) is 4.90 Å². The molecule has 1 saturated heterocycles. The third-order valence-corrected chi connectivity index (χ3v) is 4.78. The Morgan fingerprint density at radius 2 is 1.95 bits per heavy atom. The summed E-state index contributed by atoms with van der Waals surface area (Å²) >= 11 is 0. The van der Waals surface area contributed by atoms with Gasteiger partial charge in [-0.2, -0.15) is 8.78 Å². The molecule has 1 unspecified atom stereocenters. The maximum absolute atomic E-state index is 12.4. The van der Waals surface area contributed by atoms with Crippen molar-refractivity contribution in [1.82, 2.24) is 0 Å². The highest BCUT2D eigenvalue weighted by Gasteiger charge is 2.27. The van der Waals surface area contributed by atoms with Crippen molar-refractivity contribution in [2.75, 3.05) is 24.5 Å². The minimum Gasteiger partial charge on any atom is -0.371 e. The molecule has 0 aliphatic carbocycles. The van der Waals surface area contributed by atoms with Crippen LogP contribution in [0.2, 0.25) is 0 Å². The van der Waals surface area contributed by atoms with Gasteiger partial charge in [-0.25, -0.2) is 8.42 Å². The van der Waals surface area contributed by atoms with Crippen LogP contribution in [0.15, 0.2) is 29.2 Å². The van der Waals surface area contributed by atoms with Crippen molar-refractivity contribution in [2.45, 2.75) is 17.1 Å². The first-order valence-corrected chi connectivity index (χ1v) is 7.57. The molecule has 106 valence electrons. The van der Waals surface area contributed by atoms with Gasteiger partial charge in [0, 0.05) is 18.8 Å². The second-order valence-electron chi connectivity index (χ2n) is 4.64. The maximum atomic E-state index is 12.4. The quantitative estimate of drug-likeness (QED) is 0.912. The van der Waals surface area contributed by atoms with Gasteiger partial charge < -0.3 is 10.6 Å². The number of halogens is 2. The Bertz CT molecular complexity index is 531. The lowest BCUT2D eigenvalue weighted by molar-refractivity contribution is 0.234. The van der Waals surface area contributed by atoms with Crippen molar-refractivity contribution in [1.29, 1.82) is 0 Å². The normalized spacial score (nSPS) is 20.2. The van der Waals surface area contributed by atoms with Crippen LogP contribution in [0, 0.1) is 5.92 Å². The van der Waals surface area contributed by atoms with Gasteiger partial charge in [0.25, 0.3) is 0 Å². The lowest BCUT2D eigenvalue weighted by atomic mass is 10.1. The third-order valence-electron chi connectivity index (χ3n) is 3.38. The van der Waals surface area contributed by atoms with Crippen molar-refractivity contribution >= 4 is 15.5 Å². The van der Waals surface area contributed by atoms with Gasteiger partial charge in [0.05, 0.1) is 4.90 Å². The largest absolute Gasteiger partial charge is 0.371 e. The lowest BCUT2D eigenvalue weighted by Gasteiger charge is -2.18. The molecule has 1 aromatic carbocycles. The smallest absolute Gasteiger partial charge is 0.341 e. The summed E-state index contributed by atoms with van der Waals surface area (Å²) in [5, 5.41) is 0. The SMILES string of the molecule is NCC1CCN(c2ccc(S(=O)(=O)C(F)F)cc2)C1. The second-order valence-corrected chi connectivity index (χ2v) is 6.55. The van der Waals surface area contributed by atoms with Gasteiger partial charge in [-0.05, 0) is 43.1 Å². The van der Waals surface area contributed by atoms with Gasteiger partial charge in [-0.3, -0.25) is 0 Å². The van der Waals surface area contributed by atoms with E-state index in [1.165, 1.54) is 12.1 Å². The first-order valence-electron chi connectivity index (χ1n) is 6.02. The van der Waals surface area contributed by atoms with E-state index in [0.29, 0.717) is 12.5 Å². The molecule has 1 atom stereocenters. The van der Waals surface area contributed by atoms with E-state index < -0.39 is 15.6 Å². The van der Waals surface area contributed by atoms with Crippen LogP contribution < -0.4 is 10.6 Å². The van der Waals surface area contributed by atoms with Crippen molar-refractivity contribution in [3.8, 4) is 0 Å². The molecule has 1 heterocycles. The van der Waals surface area contributed by atoms with Crippen LogP contribution in [0.1, 0.15) is 6.42 Å². The molecule has 0 radical (unpaired) electrons. The Kier molecular flexibility index (Phi) is 4.05. The average Bonchev–Trinajstić information content (AvgIpc) is 2.87. The van der Waals surface area contributed by atoms with Crippen LogP contribution in [-0.2, 0) is 9.84 Å². The molecule has 19 heavy (non-hydrogen) atoms. The summed E-state index contributed by atoms with van der Waals surface area (Å²) in [5.41, 5.74) is 6.44. The van der Waals surface area contributed by atoms with Crippen LogP contribution in [0.25, 0.3) is 0 Å². The predicted octanol–water partition coefficient (Wildman–Crippen LogP) is 1.47. The van der Waals surface area contributed by atoms with Gasteiger partial charge >= 0.3 is 5.76 Å². The fourth-order valence-corrected chi connectivity index (χ4v) is 2.93. The number of nitrogens with zero attached hydrogens (tertiary/aromatic N) is 1. The number of benzene rings is 1. The van der Waals surface area contributed by atoms with E-state index in [9.17, 15) is 17.2 Å². The van der Waals surface area contributed by atoms with E-state index in [1.807, 2.05) is 0 Å². The molecule has 2 rings (SSSR count). The zero-order chi connectivity index (χ0) is 14.0. The Balaban J connectivity index is 2.16. The van der Waals surface area contributed by atoms with Gasteiger partial charge in [0.1, 0.15) is 0 Å². The molecule has 0 saturated carbocycles. The summed E-state index contributed by atoms with van der Waals surface area (Å²) in [6.07, 6.45) is 0.994. The average molecular weight is 290 g/mol. The topological polar surface area (TPSA) is 63.4 Å². The minimum absolute atomic E-state index is 0.346. The Morgan fingerprint density at radius 1 is 1.32 bits per heavy atom. The fourth-order valence-electron chi connectivity index (χ4n) is 2.21. The highest BCUT2D eigenvalue weighted by atomic mass is 32.2. The summed E-state index contributed by atoms with van der Waals surface area (Å²) in [6.45, 7) is 2.29. The Hall–Kier alpha value is -1.21. The molecule has 1 aliphatic heterocycles. The lowest BCUT2D eigenvalue weighted by Crippen LogP contribution is -2.22. The molecule has 0 amide bonds. The maximum Gasteiger partial charge on any atom is 0.341 e. The number of anilines is 1. The Labute approximate surface area is 111 Å². The minimum atomic E-state index is -4.50. The van der Waals surface area contributed by atoms with Crippen LogP contribution in [0.4, 0.5) is 14.5 Å². The van der Waals surface area contributed by atoms with Crippen LogP contribution in [-0.4, -0.2) is 33.8 Å². The van der Waals surface area contributed by atoms with Crippen molar-refractivity contribution < 1.29 is 17.2 Å². The van der Waals surface area contributed by atoms with Crippen molar-refractivity contribution in [3.05, 3.63) is 24.3 Å². The highest BCUT2D eigenvalue weighted by Crippen LogP contribution is 2.26. The number of rotatable bonds is 4. The summed E-state index contributed by atoms with van der Waals surface area (Å²) in [7, 11) is -4.50. The summed E-state index contributed by atoms with van der Waals surface area (Å²) in [5.74, 6) is -2.95.